The number of aliphatic carboxylic acids is 1. The van der Waals surface area contributed by atoms with Crippen LogP contribution in [0.2, 0.25) is 0 Å². The van der Waals surface area contributed by atoms with E-state index in [1.807, 2.05) is 0 Å². The van der Waals surface area contributed by atoms with Gasteiger partial charge in [0.25, 0.3) is 0 Å². The van der Waals surface area contributed by atoms with Crippen LogP contribution in [0.3, 0.4) is 0 Å². The van der Waals surface area contributed by atoms with Crippen LogP contribution >= 0.6 is 0 Å². The first-order valence-corrected chi connectivity index (χ1v) is 3.71. The van der Waals surface area contributed by atoms with Crippen LogP contribution < -0.4 is 5.32 Å². The van der Waals surface area contributed by atoms with Crippen molar-refractivity contribution in [1.82, 2.24) is 5.32 Å². The Morgan fingerprint density at radius 1 is 1.46 bits per heavy atom. The van der Waals surface area contributed by atoms with E-state index in [0.717, 1.165) is 0 Å². The number of hydrogen-bond donors (Lipinski definition) is 2. The molecule has 0 aromatic heterocycles. The lowest BCUT2D eigenvalue weighted by atomic mass is 10.4. The van der Waals surface area contributed by atoms with E-state index >= 15 is 0 Å². The first-order valence-electron chi connectivity index (χ1n) is 3.71. The summed E-state index contributed by atoms with van der Waals surface area (Å²) in [4.78, 5) is 29.8. The average molecular weight is 185 g/mol. The van der Waals surface area contributed by atoms with Crippen LogP contribution in [0.1, 0.15) is 19.3 Å². The highest BCUT2D eigenvalue weighted by molar-refractivity contribution is 6.01. The van der Waals surface area contributed by atoms with E-state index in [1.165, 1.54) is 6.08 Å². The van der Waals surface area contributed by atoms with Crippen molar-refractivity contribution >= 4 is 17.8 Å². The fraction of sp³-hybridized carbons (Fsp3) is 0.375. The molecule has 0 radical (unpaired) electrons. The van der Waals surface area contributed by atoms with E-state index in [1.54, 1.807) is 0 Å². The van der Waals surface area contributed by atoms with Crippen LogP contribution in [0.25, 0.3) is 0 Å². The topological polar surface area (TPSA) is 83.5 Å². The van der Waals surface area contributed by atoms with Gasteiger partial charge in [0, 0.05) is 12.8 Å². The lowest BCUT2D eigenvalue weighted by Crippen LogP contribution is -2.18. The van der Waals surface area contributed by atoms with Gasteiger partial charge in [-0.15, -0.1) is 6.58 Å². The highest BCUT2D eigenvalue weighted by Crippen LogP contribution is 1.95. The zero-order valence-corrected chi connectivity index (χ0v) is 7.08. The van der Waals surface area contributed by atoms with Gasteiger partial charge in [0.2, 0.25) is 11.8 Å². The van der Waals surface area contributed by atoms with Crippen LogP contribution in [-0.2, 0) is 14.4 Å². The average Bonchev–Trinajstić information content (AvgIpc) is 2.35. The molecule has 0 bridgehead atoms. The Bertz CT molecular complexity index is 220. The van der Waals surface area contributed by atoms with E-state index in [4.69, 9.17) is 5.11 Å². The summed E-state index contributed by atoms with van der Waals surface area (Å²) in [6.07, 6.45) is 2.15. The second-order valence-corrected chi connectivity index (χ2v) is 2.36. The number of carboxylic acid groups (broad SMARTS) is 1. The van der Waals surface area contributed by atoms with Gasteiger partial charge in [-0.1, -0.05) is 6.08 Å². The van der Waals surface area contributed by atoms with Crippen LogP contribution in [0.5, 0.6) is 0 Å². The number of rotatable bonds is 2. The SMILES string of the molecule is C=CCC(=O)O.O=C1CCC(=O)N1. The van der Waals surface area contributed by atoms with Crippen molar-refractivity contribution in [3.8, 4) is 0 Å². The van der Waals surface area contributed by atoms with Crippen molar-refractivity contribution in [1.29, 1.82) is 0 Å². The van der Waals surface area contributed by atoms with Crippen molar-refractivity contribution in [2.24, 2.45) is 0 Å². The van der Waals surface area contributed by atoms with Crippen LogP contribution in [0, 0.1) is 0 Å². The molecule has 0 aromatic rings. The molecule has 5 nitrogen and oxygen atoms in total. The molecule has 0 atom stereocenters. The molecule has 1 aliphatic rings. The summed E-state index contributed by atoms with van der Waals surface area (Å²) in [5.74, 6) is -1.12. The molecule has 1 saturated heterocycles. The predicted octanol–water partition coefficient (Wildman–Crippen LogP) is 0.0701. The van der Waals surface area contributed by atoms with E-state index in [-0.39, 0.29) is 18.2 Å². The number of nitrogens with one attached hydrogen (secondary N) is 1. The molecule has 0 aromatic carbocycles. The summed E-state index contributed by atoms with van der Waals surface area (Å²) in [5.41, 5.74) is 0. The number of carbonyl (C=O) groups is 3. The summed E-state index contributed by atoms with van der Waals surface area (Å²) < 4.78 is 0. The van der Waals surface area contributed by atoms with E-state index in [0.29, 0.717) is 12.8 Å². The highest BCUT2D eigenvalue weighted by Gasteiger charge is 2.15. The van der Waals surface area contributed by atoms with Gasteiger partial charge in [-0.25, -0.2) is 0 Å². The Hall–Kier alpha value is -1.65. The third-order valence-corrected chi connectivity index (χ3v) is 1.18. The number of imide groups is 1. The lowest BCUT2D eigenvalue weighted by molar-refractivity contribution is -0.136. The Kier molecular flexibility index (Phi) is 5.18. The maximum atomic E-state index is 10.1. The maximum Gasteiger partial charge on any atom is 0.307 e. The fourth-order valence-electron chi connectivity index (χ4n) is 0.631. The molecule has 1 aliphatic heterocycles. The molecule has 5 heteroatoms. The van der Waals surface area contributed by atoms with Crippen molar-refractivity contribution in [3.63, 3.8) is 0 Å². The largest absolute Gasteiger partial charge is 0.481 e. The molecular formula is C8H11NO4. The molecule has 1 fully saturated rings. The van der Waals surface area contributed by atoms with Gasteiger partial charge in [-0.05, 0) is 0 Å². The standard InChI is InChI=1S/C4H5NO2.C4H6O2/c6-3-1-2-4(7)5-3;1-2-3-4(5)6/h1-2H2,(H,5,6,7);2H,1,3H2,(H,5,6). The van der Waals surface area contributed by atoms with E-state index in [2.05, 4.69) is 11.9 Å². The van der Waals surface area contributed by atoms with Gasteiger partial charge in [-0.3, -0.25) is 19.7 Å². The van der Waals surface area contributed by atoms with Crippen LogP contribution in [-0.4, -0.2) is 22.9 Å². The molecule has 2 amide bonds. The summed E-state index contributed by atoms with van der Waals surface area (Å²) in [7, 11) is 0. The lowest BCUT2D eigenvalue weighted by Gasteiger charge is -1.79. The van der Waals surface area contributed by atoms with Gasteiger partial charge in [0.05, 0.1) is 6.42 Å². The number of amides is 2. The Balaban J connectivity index is 0.000000226. The normalized spacial score (nSPS) is 14.2. The first kappa shape index (κ1) is 11.4. The molecule has 0 saturated carbocycles. The monoisotopic (exact) mass is 185 g/mol. The summed E-state index contributed by atoms with van der Waals surface area (Å²) in [5, 5.41) is 9.98. The summed E-state index contributed by atoms with van der Waals surface area (Å²) in [6.45, 7) is 3.22. The molecule has 0 aliphatic carbocycles. The smallest absolute Gasteiger partial charge is 0.307 e. The molecule has 1 heterocycles. The van der Waals surface area contributed by atoms with Crippen LogP contribution in [0.4, 0.5) is 0 Å². The van der Waals surface area contributed by atoms with Crippen molar-refractivity contribution < 1.29 is 19.5 Å². The minimum absolute atomic E-state index is 0.0556. The molecule has 0 spiro atoms. The maximum absolute atomic E-state index is 10.1. The fourth-order valence-corrected chi connectivity index (χ4v) is 0.631. The molecule has 1 rings (SSSR count). The van der Waals surface area contributed by atoms with Gasteiger partial charge in [0.1, 0.15) is 0 Å². The van der Waals surface area contributed by atoms with Crippen molar-refractivity contribution in [2.45, 2.75) is 19.3 Å². The molecule has 13 heavy (non-hydrogen) atoms. The molecular weight excluding hydrogens is 174 g/mol. The second kappa shape index (κ2) is 5.93. The zero-order chi connectivity index (χ0) is 10.3. The van der Waals surface area contributed by atoms with E-state index < -0.39 is 5.97 Å². The molecule has 0 unspecified atom stereocenters. The van der Waals surface area contributed by atoms with E-state index in [9.17, 15) is 14.4 Å². The van der Waals surface area contributed by atoms with Gasteiger partial charge in [0.15, 0.2) is 0 Å². The van der Waals surface area contributed by atoms with Crippen molar-refractivity contribution in [3.05, 3.63) is 12.7 Å². The minimum Gasteiger partial charge on any atom is -0.481 e. The Morgan fingerprint density at radius 3 is 2.00 bits per heavy atom. The third kappa shape index (κ3) is 6.74. The van der Waals surface area contributed by atoms with Gasteiger partial charge in [-0.2, -0.15) is 0 Å². The van der Waals surface area contributed by atoms with Gasteiger partial charge >= 0.3 is 5.97 Å². The van der Waals surface area contributed by atoms with Gasteiger partial charge < -0.3 is 5.11 Å². The molecule has 2 N–H and O–H groups in total. The Morgan fingerprint density at radius 2 is 1.92 bits per heavy atom. The summed E-state index contributed by atoms with van der Waals surface area (Å²) in [6, 6.07) is 0. The predicted molar refractivity (Wildman–Crippen MR) is 44.8 cm³/mol. The number of carbonyl (C=O) groups excluding carboxylic acids is 2. The second-order valence-electron chi connectivity index (χ2n) is 2.36. The minimum atomic E-state index is -0.829. The number of hydrogen-bond acceptors (Lipinski definition) is 3. The first-order chi connectivity index (χ1) is 6.06. The number of carboxylic acids is 1. The quantitative estimate of drug-likeness (QED) is 0.471. The van der Waals surface area contributed by atoms with Crippen LogP contribution in [0.15, 0.2) is 12.7 Å². The zero-order valence-electron chi connectivity index (χ0n) is 7.08. The highest BCUT2D eigenvalue weighted by atomic mass is 16.4. The van der Waals surface area contributed by atoms with Crippen molar-refractivity contribution in [2.75, 3.05) is 0 Å². The third-order valence-electron chi connectivity index (χ3n) is 1.18. The Labute approximate surface area is 75.4 Å². The molecule has 72 valence electrons. The summed E-state index contributed by atoms with van der Waals surface area (Å²) >= 11 is 0.